The van der Waals surface area contributed by atoms with E-state index >= 15 is 0 Å². The highest BCUT2D eigenvalue weighted by Crippen LogP contribution is 2.42. The predicted octanol–water partition coefficient (Wildman–Crippen LogP) is 4.43. The minimum Gasteiger partial charge on any atom is -0.507 e. The first kappa shape index (κ1) is 29.2. The molecule has 1 atom stereocenters. The topological polar surface area (TPSA) is 109 Å². The SMILES string of the molecule is COc1cc(C2/C(=C(/O)c3ccc(OCc4ccccc4C)cc3)C(=O)C(=O)N2CCCN2CCOCC2)ccc1O. The zero-order chi connectivity index (χ0) is 29.6. The maximum absolute atomic E-state index is 13.4. The third-order valence-corrected chi connectivity index (χ3v) is 7.82. The Hall–Kier alpha value is -4.34. The molecular weight excluding hydrogens is 536 g/mol. The van der Waals surface area contributed by atoms with Gasteiger partial charge >= 0.3 is 0 Å². The molecular formula is C33H36N2O7. The van der Waals surface area contributed by atoms with Crippen LogP contribution in [0.5, 0.6) is 17.2 Å². The van der Waals surface area contributed by atoms with Gasteiger partial charge in [0.2, 0.25) is 0 Å². The van der Waals surface area contributed by atoms with Crippen LogP contribution in [-0.2, 0) is 20.9 Å². The molecule has 0 spiro atoms. The molecule has 9 heteroatoms. The Bertz CT molecular complexity index is 1460. The summed E-state index contributed by atoms with van der Waals surface area (Å²) < 4.78 is 16.7. The Morgan fingerprint density at radius 3 is 2.45 bits per heavy atom. The van der Waals surface area contributed by atoms with Crippen molar-refractivity contribution in [2.24, 2.45) is 0 Å². The maximum atomic E-state index is 13.4. The number of amides is 1. The molecule has 1 unspecified atom stereocenters. The lowest BCUT2D eigenvalue weighted by Gasteiger charge is -2.29. The fourth-order valence-corrected chi connectivity index (χ4v) is 5.41. The number of hydrogen-bond acceptors (Lipinski definition) is 8. The summed E-state index contributed by atoms with van der Waals surface area (Å²) >= 11 is 0. The van der Waals surface area contributed by atoms with Crippen molar-refractivity contribution < 1.29 is 34.0 Å². The molecule has 2 aliphatic heterocycles. The van der Waals surface area contributed by atoms with Gasteiger partial charge in [-0.1, -0.05) is 30.3 Å². The minimum absolute atomic E-state index is 0.00676. The number of hydrogen-bond donors (Lipinski definition) is 2. The average molecular weight is 573 g/mol. The number of carbonyl (C=O) groups excluding carboxylic acids is 2. The molecule has 0 radical (unpaired) electrons. The number of rotatable bonds is 10. The van der Waals surface area contributed by atoms with Crippen LogP contribution in [-0.4, -0.2) is 78.2 Å². The van der Waals surface area contributed by atoms with Gasteiger partial charge in [0.25, 0.3) is 11.7 Å². The van der Waals surface area contributed by atoms with E-state index in [9.17, 15) is 19.8 Å². The first-order chi connectivity index (χ1) is 20.4. The van der Waals surface area contributed by atoms with Gasteiger partial charge in [0.05, 0.1) is 31.9 Å². The van der Waals surface area contributed by atoms with Gasteiger partial charge in [0.15, 0.2) is 11.5 Å². The summed E-state index contributed by atoms with van der Waals surface area (Å²) in [5.41, 5.74) is 3.14. The van der Waals surface area contributed by atoms with Gasteiger partial charge in [0.1, 0.15) is 18.1 Å². The quantitative estimate of drug-likeness (QED) is 0.209. The summed E-state index contributed by atoms with van der Waals surface area (Å²) in [5.74, 6) is -0.942. The largest absolute Gasteiger partial charge is 0.507 e. The van der Waals surface area contributed by atoms with Crippen molar-refractivity contribution in [3.05, 3.63) is 94.6 Å². The van der Waals surface area contributed by atoms with Gasteiger partial charge < -0.3 is 29.3 Å². The van der Waals surface area contributed by atoms with E-state index in [4.69, 9.17) is 14.2 Å². The third-order valence-electron chi connectivity index (χ3n) is 7.82. The second-order valence-electron chi connectivity index (χ2n) is 10.5. The van der Waals surface area contributed by atoms with Crippen LogP contribution in [0.15, 0.2) is 72.3 Å². The van der Waals surface area contributed by atoms with Crippen LogP contribution in [0.4, 0.5) is 0 Å². The molecule has 3 aromatic rings. The van der Waals surface area contributed by atoms with E-state index in [-0.39, 0.29) is 22.8 Å². The van der Waals surface area contributed by atoms with E-state index in [2.05, 4.69) is 4.90 Å². The molecule has 2 N–H and O–H groups in total. The number of methoxy groups -OCH3 is 1. The highest BCUT2D eigenvalue weighted by Gasteiger charge is 2.46. The lowest BCUT2D eigenvalue weighted by Crippen LogP contribution is -2.38. The molecule has 5 rings (SSSR count). The van der Waals surface area contributed by atoms with Crippen molar-refractivity contribution >= 4 is 17.4 Å². The van der Waals surface area contributed by atoms with Crippen LogP contribution >= 0.6 is 0 Å². The van der Waals surface area contributed by atoms with Crippen molar-refractivity contribution in [2.45, 2.75) is 26.0 Å². The van der Waals surface area contributed by atoms with Crippen LogP contribution < -0.4 is 9.47 Å². The number of likely N-dealkylation sites (tertiary alicyclic amines) is 1. The number of phenols is 1. The maximum Gasteiger partial charge on any atom is 0.295 e. The van der Waals surface area contributed by atoms with Crippen LogP contribution in [0, 0.1) is 6.92 Å². The van der Waals surface area contributed by atoms with Crippen molar-refractivity contribution in [1.29, 1.82) is 0 Å². The van der Waals surface area contributed by atoms with Crippen molar-refractivity contribution in [3.8, 4) is 17.2 Å². The summed E-state index contributed by atoms with van der Waals surface area (Å²) in [4.78, 5) is 30.5. The lowest BCUT2D eigenvalue weighted by molar-refractivity contribution is -0.140. The van der Waals surface area contributed by atoms with E-state index < -0.39 is 17.7 Å². The van der Waals surface area contributed by atoms with E-state index in [0.29, 0.717) is 49.7 Å². The number of nitrogens with zero attached hydrogens (tertiary/aromatic N) is 2. The number of benzene rings is 3. The van der Waals surface area contributed by atoms with Gasteiger partial charge in [-0.15, -0.1) is 0 Å². The van der Waals surface area contributed by atoms with Gasteiger partial charge in [-0.3, -0.25) is 14.5 Å². The molecule has 220 valence electrons. The van der Waals surface area contributed by atoms with Crippen molar-refractivity contribution in [2.75, 3.05) is 46.5 Å². The van der Waals surface area contributed by atoms with Crippen LogP contribution in [0.3, 0.4) is 0 Å². The fourth-order valence-electron chi connectivity index (χ4n) is 5.41. The molecule has 2 saturated heterocycles. The number of phenolic OH excluding ortho intramolecular Hbond substituents is 1. The zero-order valence-corrected chi connectivity index (χ0v) is 23.9. The van der Waals surface area contributed by atoms with Crippen molar-refractivity contribution in [1.82, 2.24) is 9.80 Å². The Morgan fingerprint density at radius 2 is 1.74 bits per heavy atom. The Balaban J connectivity index is 1.42. The minimum atomic E-state index is -0.846. The molecule has 0 aromatic heterocycles. The average Bonchev–Trinajstić information content (AvgIpc) is 3.26. The molecule has 2 fully saturated rings. The smallest absolute Gasteiger partial charge is 0.295 e. The normalized spacial score (nSPS) is 18.8. The molecule has 3 aromatic carbocycles. The molecule has 42 heavy (non-hydrogen) atoms. The van der Waals surface area contributed by atoms with Gasteiger partial charge in [-0.2, -0.15) is 0 Å². The van der Waals surface area contributed by atoms with Crippen LogP contribution in [0.2, 0.25) is 0 Å². The number of morpholine rings is 1. The van der Waals surface area contributed by atoms with Gasteiger partial charge in [-0.25, -0.2) is 0 Å². The summed E-state index contributed by atoms with van der Waals surface area (Å²) in [7, 11) is 1.43. The standard InChI is InChI=1S/C33H36N2O7/c1-22-6-3-4-7-25(22)21-42-26-11-8-23(9-12-26)31(37)29-30(24-10-13-27(36)28(20-24)40-2)35(33(39)32(29)38)15-5-14-34-16-18-41-19-17-34/h3-4,6-13,20,30,36-37H,5,14-19,21H2,1-2H3/b31-29-. The number of aryl methyl sites for hydroxylation is 1. The monoisotopic (exact) mass is 572 g/mol. The summed E-state index contributed by atoms with van der Waals surface area (Å²) in [6.45, 7) is 6.49. The first-order valence-electron chi connectivity index (χ1n) is 14.1. The Morgan fingerprint density at radius 1 is 1.00 bits per heavy atom. The van der Waals surface area contributed by atoms with Crippen LogP contribution in [0.25, 0.3) is 5.76 Å². The van der Waals surface area contributed by atoms with Gasteiger partial charge in [-0.05, 0) is 66.4 Å². The molecule has 0 saturated carbocycles. The summed E-state index contributed by atoms with van der Waals surface area (Å²) in [5, 5.41) is 21.6. The molecule has 1 amide bonds. The molecule has 0 aliphatic carbocycles. The molecule has 2 heterocycles. The predicted molar refractivity (Wildman–Crippen MR) is 157 cm³/mol. The van der Waals surface area contributed by atoms with Gasteiger partial charge in [0, 0.05) is 31.7 Å². The Labute approximate surface area is 245 Å². The molecule has 2 aliphatic rings. The fraction of sp³-hybridized carbons (Fsp3) is 0.333. The number of ketones is 1. The first-order valence-corrected chi connectivity index (χ1v) is 14.1. The highest BCUT2D eigenvalue weighted by molar-refractivity contribution is 6.46. The third kappa shape index (κ3) is 6.27. The number of carbonyl (C=O) groups is 2. The Kier molecular flexibility index (Phi) is 9.09. The summed E-state index contributed by atoms with van der Waals surface area (Å²) in [6.07, 6.45) is 0.645. The van der Waals surface area contributed by atoms with E-state index in [1.54, 1.807) is 36.4 Å². The molecule has 0 bridgehead atoms. The number of aromatic hydroxyl groups is 1. The summed E-state index contributed by atoms with van der Waals surface area (Å²) in [6, 6.07) is 18.6. The van der Waals surface area contributed by atoms with E-state index in [1.807, 2.05) is 31.2 Å². The lowest BCUT2D eigenvalue weighted by atomic mass is 9.95. The number of Topliss-reactive ketones (excluding diaryl/α,β-unsaturated/α-hetero) is 1. The zero-order valence-electron chi connectivity index (χ0n) is 23.9. The molecule has 9 nitrogen and oxygen atoms in total. The number of aliphatic hydroxyl groups is 1. The second kappa shape index (κ2) is 13.1. The van der Waals surface area contributed by atoms with Crippen LogP contribution in [0.1, 0.15) is 34.7 Å². The number of ether oxygens (including phenoxy) is 3. The second-order valence-corrected chi connectivity index (χ2v) is 10.5. The van der Waals surface area contributed by atoms with E-state index in [0.717, 1.165) is 30.8 Å². The number of aliphatic hydroxyl groups excluding tert-OH is 1. The van der Waals surface area contributed by atoms with Crippen molar-refractivity contribution in [3.63, 3.8) is 0 Å². The van der Waals surface area contributed by atoms with E-state index in [1.165, 1.54) is 18.1 Å². The highest BCUT2D eigenvalue weighted by atomic mass is 16.5.